The first kappa shape index (κ1) is 28.3. The highest BCUT2D eigenvalue weighted by Gasteiger charge is 2.24. The van der Waals surface area contributed by atoms with E-state index in [1.165, 1.54) is 5.56 Å². The highest BCUT2D eigenvalue weighted by Crippen LogP contribution is 2.33. The van der Waals surface area contributed by atoms with E-state index < -0.39 is 12.2 Å². The van der Waals surface area contributed by atoms with E-state index in [0.717, 1.165) is 42.5 Å². The van der Waals surface area contributed by atoms with Gasteiger partial charge in [-0.1, -0.05) is 29.8 Å². The summed E-state index contributed by atoms with van der Waals surface area (Å²) in [5.41, 5.74) is 5.39. The Balaban J connectivity index is 1.34. The third kappa shape index (κ3) is 6.40. The van der Waals surface area contributed by atoms with E-state index in [1.54, 1.807) is 37.6 Å². The molecule has 0 saturated carbocycles. The van der Waals surface area contributed by atoms with Crippen LogP contribution in [0.4, 0.5) is 5.69 Å². The van der Waals surface area contributed by atoms with Gasteiger partial charge in [0, 0.05) is 31.4 Å². The zero-order chi connectivity index (χ0) is 28.2. The summed E-state index contributed by atoms with van der Waals surface area (Å²) in [4.78, 5) is 26.2. The van der Waals surface area contributed by atoms with Crippen molar-refractivity contribution in [3.8, 4) is 11.4 Å². The standard InChI is InChI=1S/C30H36ClN5O4/c1-18-12-21(19-7-10-36(11-8-19)16-23(37)17-40-2)14-25-28(18)35-29(34-25)27-24(6-9-32-30(27)39)33-15-26(38)20-4-3-5-22(31)13-20/h3-6,9,12-14,19,23,26,37-38H,7-8,10-11,15-17H2,1-2H3,(H,34,35)(H2,32,33,39)/t23-,26-/m1/s1. The fraction of sp³-hybridized carbons (Fsp3) is 0.400. The minimum Gasteiger partial charge on any atom is -0.389 e. The summed E-state index contributed by atoms with van der Waals surface area (Å²) >= 11 is 6.07. The zero-order valence-corrected chi connectivity index (χ0v) is 23.5. The van der Waals surface area contributed by atoms with Crippen molar-refractivity contribution in [1.29, 1.82) is 0 Å². The number of hydrogen-bond acceptors (Lipinski definition) is 7. The fourth-order valence-electron chi connectivity index (χ4n) is 5.56. The molecule has 0 aliphatic carbocycles. The molecule has 2 aromatic heterocycles. The maximum absolute atomic E-state index is 13.0. The SMILES string of the molecule is COC[C@H](O)CN1CCC(c2cc(C)c3nc(-c4c(NC[C@@H](O)c5cccc(Cl)c5)cc[nH]c4=O)[nH]c3c2)CC1. The predicted octanol–water partition coefficient (Wildman–Crippen LogP) is 4.21. The Bertz CT molecular complexity index is 1510. The van der Waals surface area contributed by atoms with Crippen molar-refractivity contribution in [1.82, 2.24) is 19.9 Å². The smallest absolute Gasteiger partial charge is 0.261 e. The van der Waals surface area contributed by atoms with Crippen LogP contribution in [0.1, 0.15) is 41.6 Å². The van der Waals surface area contributed by atoms with Gasteiger partial charge in [-0.15, -0.1) is 0 Å². The van der Waals surface area contributed by atoms with Gasteiger partial charge in [0.1, 0.15) is 11.4 Å². The van der Waals surface area contributed by atoms with E-state index in [0.29, 0.717) is 46.7 Å². The number of aromatic amines is 2. The summed E-state index contributed by atoms with van der Waals surface area (Å²) in [7, 11) is 1.60. The highest BCUT2D eigenvalue weighted by atomic mass is 35.5. The third-order valence-electron chi connectivity index (χ3n) is 7.60. The minimum atomic E-state index is -0.805. The van der Waals surface area contributed by atoms with Crippen molar-refractivity contribution in [2.45, 2.75) is 37.9 Å². The maximum Gasteiger partial charge on any atom is 0.261 e. The first-order valence-corrected chi connectivity index (χ1v) is 14.0. The minimum absolute atomic E-state index is 0.196. The number of rotatable bonds is 10. The number of H-pyrrole nitrogens is 2. The number of halogens is 1. The molecule has 0 spiro atoms. The van der Waals surface area contributed by atoms with Crippen molar-refractivity contribution in [3.63, 3.8) is 0 Å². The van der Waals surface area contributed by atoms with E-state index in [-0.39, 0.29) is 12.1 Å². The molecule has 212 valence electrons. The number of piperidine rings is 1. The largest absolute Gasteiger partial charge is 0.389 e. The fourth-order valence-corrected chi connectivity index (χ4v) is 5.76. The summed E-state index contributed by atoms with van der Waals surface area (Å²) in [6, 6.07) is 13.2. The summed E-state index contributed by atoms with van der Waals surface area (Å²) in [5, 5.41) is 24.5. The molecule has 5 rings (SSSR count). The lowest BCUT2D eigenvalue weighted by Gasteiger charge is -2.33. The first-order valence-electron chi connectivity index (χ1n) is 13.6. The van der Waals surface area contributed by atoms with Crippen molar-refractivity contribution in [3.05, 3.63) is 80.7 Å². The average Bonchev–Trinajstić information content (AvgIpc) is 3.36. The number of methoxy groups -OCH3 is 1. The average molecular weight is 566 g/mol. The summed E-state index contributed by atoms with van der Waals surface area (Å²) in [6.45, 7) is 5.06. The van der Waals surface area contributed by atoms with E-state index in [9.17, 15) is 15.0 Å². The van der Waals surface area contributed by atoms with E-state index in [2.05, 4.69) is 32.3 Å². The quantitative estimate of drug-likeness (QED) is 0.195. The molecule has 5 N–H and O–H groups in total. The highest BCUT2D eigenvalue weighted by molar-refractivity contribution is 6.30. The molecule has 2 aromatic carbocycles. The summed E-state index contributed by atoms with van der Waals surface area (Å²) in [5.74, 6) is 0.884. The Morgan fingerprint density at radius 2 is 2.00 bits per heavy atom. The third-order valence-corrected chi connectivity index (χ3v) is 7.84. The molecule has 4 aromatic rings. The monoisotopic (exact) mass is 565 g/mol. The summed E-state index contributed by atoms with van der Waals surface area (Å²) < 4.78 is 5.06. The predicted molar refractivity (Wildman–Crippen MR) is 158 cm³/mol. The lowest BCUT2D eigenvalue weighted by atomic mass is 9.88. The van der Waals surface area contributed by atoms with Gasteiger partial charge in [-0.2, -0.15) is 0 Å². The first-order chi connectivity index (χ1) is 19.3. The summed E-state index contributed by atoms with van der Waals surface area (Å²) in [6.07, 6.45) is 2.32. The number of likely N-dealkylation sites (tertiary alicyclic amines) is 1. The number of anilines is 1. The van der Waals surface area contributed by atoms with Crippen LogP contribution in [0, 0.1) is 6.92 Å². The van der Waals surface area contributed by atoms with E-state index in [4.69, 9.17) is 21.3 Å². The van der Waals surface area contributed by atoms with Gasteiger partial charge in [0.05, 0.1) is 35.5 Å². The molecular formula is C30H36ClN5O4. The van der Waals surface area contributed by atoms with Crippen LogP contribution >= 0.6 is 11.6 Å². The zero-order valence-electron chi connectivity index (χ0n) is 22.8. The van der Waals surface area contributed by atoms with Gasteiger partial charge in [-0.3, -0.25) is 4.79 Å². The number of ether oxygens (including phenoxy) is 1. The van der Waals surface area contributed by atoms with Crippen LogP contribution in [0.15, 0.2) is 53.5 Å². The molecule has 9 nitrogen and oxygen atoms in total. The Kier molecular flexibility index (Phi) is 8.87. The number of aryl methyl sites for hydroxylation is 1. The number of hydrogen-bond donors (Lipinski definition) is 5. The van der Waals surface area contributed by atoms with Crippen molar-refractivity contribution in [2.24, 2.45) is 0 Å². The van der Waals surface area contributed by atoms with Crippen LogP contribution in [0.3, 0.4) is 0 Å². The molecule has 40 heavy (non-hydrogen) atoms. The van der Waals surface area contributed by atoms with E-state index >= 15 is 0 Å². The number of pyridine rings is 1. The molecule has 0 unspecified atom stereocenters. The van der Waals surface area contributed by atoms with Gasteiger partial charge in [0.15, 0.2) is 0 Å². The van der Waals surface area contributed by atoms with Crippen molar-refractivity contribution in [2.75, 3.05) is 45.2 Å². The number of aromatic nitrogens is 3. The molecule has 2 atom stereocenters. The molecule has 1 aliphatic heterocycles. The number of nitrogens with zero attached hydrogens (tertiary/aromatic N) is 2. The lowest BCUT2D eigenvalue weighted by molar-refractivity contribution is 0.0320. The van der Waals surface area contributed by atoms with Crippen LogP contribution < -0.4 is 10.9 Å². The van der Waals surface area contributed by atoms with E-state index in [1.807, 2.05) is 13.0 Å². The van der Waals surface area contributed by atoms with Gasteiger partial charge in [-0.05, 0) is 79.7 Å². The lowest BCUT2D eigenvalue weighted by Crippen LogP contribution is -2.39. The Hall–Kier alpha value is -3.21. The molecular weight excluding hydrogens is 530 g/mol. The second-order valence-electron chi connectivity index (χ2n) is 10.6. The number of nitrogens with one attached hydrogen (secondary N) is 3. The number of aliphatic hydroxyl groups is 2. The molecule has 1 saturated heterocycles. The number of β-amino-alcohol motifs (C(OH)–C–C–N with tert-alkyl or cyclic N) is 1. The maximum atomic E-state index is 13.0. The normalized spacial score (nSPS) is 16.3. The Morgan fingerprint density at radius 1 is 1.20 bits per heavy atom. The molecule has 10 heteroatoms. The Morgan fingerprint density at radius 3 is 2.75 bits per heavy atom. The number of fused-ring (bicyclic) bond motifs is 1. The van der Waals surface area contributed by atoms with Gasteiger partial charge >= 0.3 is 0 Å². The molecule has 0 amide bonds. The molecule has 3 heterocycles. The molecule has 1 aliphatic rings. The van der Waals surface area contributed by atoms with Crippen molar-refractivity contribution >= 4 is 28.3 Å². The number of aliphatic hydroxyl groups excluding tert-OH is 2. The van der Waals surface area contributed by atoms with Crippen LogP contribution in [0.2, 0.25) is 5.02 Å². The topological polar surface area (TPSA) is 126 Å². The molecule has 0 bridgehead atoms. The van der Waals surface area contributed by atoms with Gasteiger partial charge < -0.3 is 35.1 Å². The number of benzene rings is 2. The molecule has 1 fully saturated rings. The second-order valence-corrected chi connectivity index (χ2v) is 11.0. The van der Waals surface area contributed by atoms with Gasteiger partial charge in [0.25, 0.3) is 5.56 Å². The Labute approximate surface area is 238 Å². The number of imidazole rings is 1. The second kappa shape index (κ2) is 12.5. The van der Waals surface area contributed by atoms with Crippen LogP contribution in [-0.2, 0) is 4.74 Å². The van der Waals surface area contributed by atoms with Crippen LogP contribution in [-0.4, -0.2) is 76.1 Å². The van der Waals surface area contributed by atoms with Gasteiger partial charge in [-0.25, -0.2) is 4.98 Å². The molecule has 0 radical (unpaired) electrons. The van der Waals surface area contributed by atoms with Crippen LogP contribution in [0.5, 0.6) is 0 Å². The van der Waals surface area contributed by atoms with Crippen molar-refractivity contribution < 1.29 is 14.9 Å². The van der Waals surface area contributed by atoms with Crippen LogP contribution in [0.25, 0.3) is 22.4 Å². The van der Waals surface area contributed by atoms with Gasteiger partial charge in [0.2, 0.25) is 0 Å².